The van der Waals surface area contributed by atoms with Crippen molar-refractivity contribution in [3.63, 3.8) is 0 Å². The molecule has 10 heteroatoms. The predicted octanol–water partition coefficient (Wildman–Crippen LogP) is 2.84. The first-order valence-electron chi connectivity index (χ1n) is 11.8. The number of piperazine rings is 1. The van der Waals surface area contributed by atoms with Crippen molar-refractivity contribution in [1.29, 1.82) is 0 Å². The lowest BCUT2D eigenvalue weighted by atomic mass is 10.2. The van der Waals surface area contributed by atoms with E-state index < -0.39 is 0 Å². The Labute approximate surface area is 204 Å². The minimum absolute atomic E-state index is 0.0327. The van der Waals surface area contributed by atoms with Crippen molar-refractivity contribution in [1.82, 2.24) is 24.3 Å². The lowest BCUT2D eigenvalue weighted by molar-refractivity contribution is 0.0827. The maximum Gasteiger partial charge on any atom is 0.321 e. The number of anilines is 1. The van der Waals surface area contributed by atoms with E-state index in [2.05, 4.69) is 21.7 Å². The minimum Gasteiger partial charge on any atom is -0.454 e. The van der Waals surface area contributed by atoms with Crippen LogP contribution in [0.5, 0.6) is 11.5 Å². The van der Waals surface area contributed by atoms with Crippen LogP contribution in [0.15, 0.2) is 36.4 Å². The summed E-state index contributed by atoms with van der Waals surface area (Å²) in [5.74, 6) is 2.27. The van der Waals surface area contributed by atoms with E-state index in [-0.39, 0.29) is 18.7 Å². The number of fused-ring (bicyclic) bond motifs is 2. The molecule has 10 nitrogen and oxygen atoms in total. The first-order chi connectivity index (χ1) is 16.9. The number of nitrogens with zero attached hydrogens (tertiary/aromatic N) is 5. The summed E-state index contributed by atoms with van der Waals surface area (Å²) in [6.45, 7) is 6.56. The van der Waals surface area contributed by atoms with Crippen LogP contribution in [0.4, 0.5) is 10.5 Å². The lowest BCUT2D eigenvalue weighted by Crippen LogP contribution is -2.49. The third-order valence-corrected chi connectivity index (χ3v) is 6.45. The highest BCUT2D eigenvalue weighted by atomic mass is 16.7. The monoisotopic (exact) mass is 478 g/mol. The van der Waals surface area contributed by atoms with Crippen LogP contribution in [0.2, 0.25) is 0 Å². The van der Waals surface area contributed by atoms with Crippen molar-refractivity contribution in [3.05, 3.63) is 47.8 Å². The standard InChI is InChI=1S/C25H30N6O4/c1-4-31-20-7-5-17(24(32)28(2)3)13-19(20)27-23(31)15-29-9-11-30(12-10-29)25(33)26-18-6-8-21-22(14-18)35-16-34-21/h5-8,13-14H,4,9-12,15-16H2,1-3H3,(H,26,33). The summed E-state index contributed by atoms with van der Waals surface area (Å²) in [6.07, 6.45) is 0. The zero-order valence-corrected chi connectivity index (χ0v) is 20.3. The van der Waals surface area contributed by atoms with Gasteiger partial charge in [-0.2, -0.15) is 0 Å². The number of rotatable bonds is 5. The van der Waals surface area contributed by atoms with E-state index in [0.717, 1.165) is 36.5 Å². The molecule has 35 heavy (non-hydrogen) atoms. The number of urea groups is 1. The molecular weight excluding hydrogens is 448 g/mol. The van der Waals surface area contributed by atoms with Crippen molar-refractivity contribution >= 4 is 28.7 Å². The van der Waals surface area contributed by atoms with Gasteiger partial charge >= 0.3 is 6.03 Å². The van der Waals surface area contributed by atoms with E-state index in [4.69, 9.17) is 14.5 Å². The second-order valence-corrected chi connectivity index (χ2v) is 8.94. The Morgan fingerprint density at radius 3 is 2.54 bits per heavy atom. The van der Waals surface area contributed by atoms with Crippen LogP contribution in [-0.4, -0.2) is 83.3 Å². The molecule has 1 saturated heterocycles. The summed E-state index contributed by atoms with van der Waals surface area (Å²) in [5, 5.41) is 2.95. The molecule has 2 aliphatic heterocycles. The van der Waals surface area contributed by atoms with Gasteiger partial charge in [-0.3, -0.25) is 9.69 Å². The van der Waals surface area contributed by atoms with Gasteiger partial charge in [0.1, 0.15) is 5.82 Å². The second-order valence-electron chi connectivity index (χ2n) is 8.94. The van der Waals surface area contributed by atoms with E-state index in [1.54, 1.807) is 31.1 Å². The van der Waals surface area contributed by atoms with Crippen LogP contribution in [0.25, 0.3) is 11.0 Å². The molecule has 0 unspecified atom stereocenters. The molecule has 184 valence electrons. The average Bonchev–Trinajstić information content (AvgIpc) is 3.46. The molecule has 3 heterocycles. The van der Waals surface area contributed by atoms with E-state index >= 15 is 0 Å². The summed E-state index contributed by atoms with van der Waals surface area (Å²) in [6, 6.07) is 11.0. The molecule has 1 N–H and O–H groups in total. The van der Waals surface area contributed by atoms with Gasteiger partial charge < -0.3 is 29.2 Å². The molecule has 5 rings (SSSR count). The zero-order valence-electron chi connectivity index (χ0n) is 20.3. The number of imidazole rings is 1. The molecule has 2 aromatic carbocycles. The number of aromatic nitrogens is 2. The Bertz CT molecular complexity index is 1260. The number of aryl methyl sites for hydroxylation is 1. The Kier molecular flexibility index (Phi) is 6.21. The molecular formula is C25H30N6O4. The van der Waals surface area contributed by atoms with Crippen LogP contribution in [0, 0.1) is 0 Å². The van der Waals surface area contributed by atoms with Gasteiger partial charge in [0, 0.05) is 64.1 Å². The van der Waals surface area contributed by atoms with Gasteiger partial charge in [-0.1, -0.05) is 0 Å². The molecule has 3 amide bonds. The number of carbonyl (C=O) groups is 2. The molecule has 0 spiro atoms. The van der Waals surface area contributed by atoms with E-state index in [1.165, 1.54) is 0 Å². The summed E-state index contributed by atoms with van der Waals surface area (Å²) >= 11 is 0. The number of amides is 3. The molecule has 2 aliphatic rings. The smallest absolute Gasteiger partial charge is 0.321 e. The Morgan fingerprint density at radius 2 is 1.80 bits per heavy atom. The number of benzene rings is 2. The highest BCUT2D eigenvalue weighted by Crippen LogP contribution is 2.34. The van der Waals surface area contributed by atoms with Crippen molar-refractivity contribution in [2.45, 2.75) is 20.0 Å². The Balaban J connectivity index is 1.21. The molecule has 0 saturated carbocycles. The van der Waals surface area contributed by atoms with E-state index in [1.807, 2.05) is 29.2 Å². The maximum absolute atomic E-state index is 12.8. The number of nitrogens with one attached hydrogen (secondary N) is 1. The molecule has 0 atom stereocenters. The van der Waals surface area contributed by atoms with Crippen LogP contribution in [0.1, 0.15) is 23.1 Å². The zero-order chi connectivity index (χ0) is 24.5. The molecule has 0 bridgehead atoms. The van der Waals surface area contributed by atoms with Crippen LogP contribution in [-0.2, 0) is 13.1 Å². The third-order valence-electron chi connectivity index (χ3n) is 6.45. The van der Waals surface area contributed by atoms with Gasteiger partial charge in [-0.15, -0.1) is 0 Å². The first-order valence-corrected chi connectivity index (χ1v) is 11.8. The van der Waals surface area contributed by atoms with E-state index in [9.17, 15) is 9.59 Å². The van der Waals surface area contributed by atoms with Crippen molar-refractivity contribution in [3.8, 4) is 11.5 Å². The van der Waals surface area contributed by atoms with Gasteiger partial charge in [-0.05, 0) is 37.3 Å². The average molecular weight is 479 g/mol. The van der Waals surface area contributed by atoms with Gasteiger partial charge in [-0.25, -0.2) is 9.78 Å². The summed E-state index contributed by atoms with van der Waals surface area (Å²) in [5.41, 5.74) is 3.18. The molecule has 1 fully saturated rings. The van der Waals surface area contributed by atoms with Gasteiger partial charge in [0.25, 0.3) is 5.91 Å². The summed E-state index contributed by atoms with van der Waals surface area (Å²) in [7, 11) is 3.50. The highest BCUT2D eigenvalue weighted by Gasteiger charge is 2.24. The molecule has 0 aliphatic carbocycles. The normalized spacial score (nSPS) is 15.5. The summed E-state index contributed by atoms with van der Waals surface area (Å²) < 4.78 is 12.9. The number of ether oxygens (including phenoxy) is 2. The predicted molar refractivity (Wildman–Crippen MR) is 132 cm³/mol. The van der Waals surface area contributed by atoms with Gasteiger partial charge in [0.15, 0.2) is 11.5 Å². The lowest BCUT2D eigenvalue weighted by Gasteiger charge is -2.34. The molecule has 3 aromatic rings. The highest BCUT2D eigenvalue weighted by molar-refractivity contribution is 5.97. The van der Waals surface area contributed by atoms with Crippen molar-refractivity contribution in [2.24, 2.45) is 0 Å². The quantitative estimate of drug-likeness (QED) is 0.606. The van der Waals surface area contributed by atoms with Crippen molar-refractivity contribution in [2.75, 3.05) is 52.4 Å². The second kappa shape index (κ2) is 9.46. The molecule has 1 aromatic heterocycles. The fraction of sp³-hybridized carbons (Fsp3) is 0.400. The maximum atomic E-state index is 12.8. The van der Waals surface area contributed by atoms with Crippen LogP contribution >= 0.6 is 0 Å². The van der Waals surface area contributed by atoms with E-state index in [0.29, 0.717) is 42.4 Å². The fourth-order valence-corrected chi connectivity index (χ4v) is 4.53. The van der Waals surface area contributed by atoms with Crippen molar-refractivity contribution < 1.29 is 19.1 Å². The minimum atomic E-state index is -0.123. The number of hydrogen-bond donors (Lipinski definition) is 1. The number of carbonyl (C=O) groups excluding carboxylic acids is 2. The topological polar surface area (TPSA) is 92.2 Å². The van der Waals surface area contributed by atoms with Crippen LogP contribution < -0.4 is 14.8 Å². The van der Waals surface area contributed by atoms with Gasteiger partial charge in [0.05, 0.1) is 17.6 Å². The third kappa shape index (κ3) is 4.61. The summed E-state index contributed by atoms with van der Waals surface area (Å²) in [4.78, 5) is 35.7. The Morgan fingerprint density at radius 1 is 1.03 bits per heavy atom. The van der Waals surface area contributed by atoms with Crippen LogP contribution in [0.3, 0.4) is 0 Å². The number of hydrogen-bond acceptors (Lipinski definition) is 6. The Hall–Kier alpha value is -3.79. The fourth-order valence-electron chi connectivity index (χ4n) is 4.53. The molecule has 0 radical (unpaired) electrons. The van der Waals surface area contributed by atoms with Gasteiger partial charge in [0.2, 0.25) is 6.79 Å². The SMILES string of the molecule is CCn1c(CN2CCN(C(=O)Nc3ccc4c(c3)OCO4)CC2)nc2cc(C(=O)N(C)C)ccc21. The first kappa shape index (κ1) is 23.0. The largest absolute Gasteiger partial charge is 0.454 e.